The number of fused-ring (bicyclic) bond motifs is 6. The van der Waals surface area contributed by atoms with Crippen molar-refractivity contribution in [1.29, 1.82) is 0 Å². The van der Waals surface area contributed by atoms with Crippen molar-refractivity contribution in [2.24, 2.45) is 0 Å². The molecule has 3 heteroatoms. The number of nitrogens with zero attached hydrogens (tertiary/aromatic N) is 2. The summed E-state index contributed by atoms with van der Waals surface area (Å²) >= 11 is 0. The van der Waals surface area contributed by atoms with Crippen LogP contribution in [-0.2, 0) is 13.1 Å². The minimum Gasteiger partial charge on any atom is -0.456 e. The highest BCUT2D eigenvalue weighted by Crippen LogP contribution is 2.41. The van der Waals surface area contributed by atoms with Crippen LogP contribution in [-0.4, -0.2) is 4.98 Å². The molecule has 9 aromatic rings. The highest BCUT2D eigenvalue weighted by molar-refractivity contribution is 6.06. The van der Waals surface area contributed by atoms with E-state index in [1.165, 1.54) is 44.6 Å². The first-order valence-electron chi connectivity index (χ1n) is 17.8. The summed E-state index contributed by atoms with van der Waals surface area (Å²) in [6.45, 7) is 1.62. The Labute approximate surface area is 303 Å². The molecule has 0 saturated heterocycles. The largest absolute Gasteiger partial charge is 0.456 e. The molecular weight excluding hydrogens is 633 g/mol. The zero-order chi connectivity index (χ0) is 34.4. The summed E-state index contributed by atoms with van der Waals surface area (Å²) in [7, 11) is 0. The Balaban J connectivity index is 1.12. The smallest absolute Gasteiger partial charge is 0.135 e. The topological polar surface area (TPSA) is 29.3 Å². The predicted octanol–water partition coefficient (Wildman–Crippen LogP) is 12.8. The Morgan fingerprint density at radius 1 is 0.385 bits per heavy atom. The molecule has 0 aliphatic carbocycles. The first-order chi connectivity index (χ1) is 25.7. The molecule has 52 heavy (non-hydrogen) atoms. The van der Waals surface area contributed by atoms with Crippen molar-refractivity contribution in [2.75, 3.05) is 4.90 Å². The van der Waals surface area contributed by atoms with Crippen LogP contribution in [0.4, 0.5) is 5.69 Å². The molecule has 2 aromatic heterocycles. The van der Waals surface area contributed by atoms with E-state index in [-0.39, 0.29) is 0 Å². The predicted molar refractivity (Wildman–Crippen MR) is 215 cm³/mol. The third kappa shape index (κ3) is 5.44. The van der Waals surface area contributed by atoms with E-state index >= 15 is 0 Å². The van der Waals surface area contributed by atoms with Gasteiger partial charge in [0.15, 0.2) is 0 Å². The Morgan fingerprint density at radius 2 is 0.962 bits per heavy atom. The van der Waals surface area contributed by atoms with Crippen LogP contribution in [0.5, 0.6) is 0 Å². The Morgan fingerprint density at radius 3 is 1.71 bits per heavy atom. The Kier molecular flexibility index (Phi) is 7.28. The summed E-state index contributed by atoms with van der Waals surface area (Å²) in [6, 6.07) is 65.1. The van der Waals surface area contributed by atoms with E-state index < -0.39 is 0 Å². The van der Waals surface area contributed by atoms with Crippen molar-refractivity contribution >= 4 is 27.6 Å². The molecule has 1 aliphatic heterocycles. The standard InChI is InChI=1S/C49H34N2O/c1-4-12-33(13-5-1)46-29-39(30-47(50-46)34-14-6-2-7-15-34)35-22-24-42-40(26-35)32-51(41-16-8-3-9-17-41)31-38-21-20-36(27-44(38)42)37-23-25-49-45(28-37)43-18-10-11-19-48(43)52-49/h1-30H,31-32H2. The highest BCUT2D eigenvalue weighted by atomic mass is 16.3. The van der Waals surface area contributed by atoms with Crippen molar-refractivity contribution in [2.45, 2.75) is 13.1 Å². The zero-order valence-corrected chi connectivity index (χ0v) is 28.5. The van der Waals surface area contributed by atoms with Crippen LogP contribution in [0, 0.1) is 0 Å². The molecule has 0 unspecified atom stereocenters. The van der Waals surface area contributed by atoms with Gasteiger partial charge in [0.25, 0.3) is 0 Å². The van der Waals surface area contributed by atoms with Crippen molar-refractivity contribution < 1.29 is 4.42 Å². The van der Waals surface area contributed by atoms with E-state index in [4.69, 9.17) is 9.40 Å². The number of rotatable bonds is 5. The van der Waals surface area contributed by atoms with Crippen LogP contribution in [0.1, 0.15) is 11.1 Å². The van der Waals surface area contributed by atoms with Gasteiger partial charge in [-0.15, -0.1) is 0 Å². The number of hydrogen-bond acceptors (Lipinski definition) is 3. The average molecular weight is 667 g/mol. The van der Waals surface area contributed by atoms with Gasteiger partial charge in [0, 0.05) is 40.7 Å². The Hall–Kier alpha value is -6.71. The maximum Gasteiger partial charge on any atom is 0.135 e. The second kappa shape index (κ2) is 12.6. The fourth-order valence-electron chi connectivity index (χ4n) is 7.72. The van der Waals surface area contributed by atoms with Gasteiger partial charge in [0.1, 0.15) is 11.2 Å². The van der Waals surface area contributed by atoms with Gasteiger partial charge in [-0.3, -0.25) is 0 Å². The quantitative estimate of drug-likeness (QED) is 0.183. The van der Waals surface area contributed by atoms with Gasteiger partial charge in [0.05, 0.1) is 11.4 Å². The lowest BCUT2D eigenvalue weighted by Crippen LogP contribution is -2.20. The monoisotopic (exact) mass is 666 g/mol. The van der Waals surface area contributed by atoms with E-state index in [2.05, 4.69) is 175 Å². The van der Waals surface area contributed by atoms with Crippen molar-refractivity contribution in [3.05, 3.63) is 193 Å². The fraction of sp³-hybridized carbons (Fsp3) is 0.0408. The summed E-state index contributed by atoms with van der Waals surface area (Å²) < 4.78 is 6.15. The number of benzene rings is 7. The van der Waals surface area contributed by atoms with Gasteiger partial charge in [-0.2, -0.15) is 0 Å². The van der Waals surface area contributed by atoms with E-state index in [1.54, 1.807) is 0 Å². The van der Waals surface area contributed by atoms with Crippen LogP contribution in [0.15, 0.2) is 186 Å². The molecule has 3 nitrogen and oxygen atoms in total. The average Bonchev–Trinajstić information content (AvgIpc) is 3.51. The van der Waals surface area contributed by atoms with Gasteiger partial charge in [-0.1, -0.05) is 127 Å². The molecule has 1 aliphatic rings. The third-order valence-electron chi connectivity index (χ3n) is 10.4. The molecule has 0 fully saturated rings. The number of aromatic nitrogens is 1. The lowest BCUT2D eigenvalue weighted by molar-refractivity contribution is 0.669. The third-order valence-corrected chi connectivity index (χ3v) is 10.4. The van der Waals surface area contributed by atoms with E-state index in [0.717, 1.165) is 63.1 Å². The summed E-state index contributed by atoms with van der Waals surface area (Å²) in [4.78, 5) is 7.64. The summed E-state index contributed by atoms with van der Waals surface area (Å²) in [5, 5.41) is 2.29. The SMILES string of the molecule is c1ccc(-c2cc(-c3ccc4c(c3)CN(c3ccccc3)Cc3ccc(-c5ccc6oc7ccccc7c6c5)cc3-4)cc(-c3ccccc3)n2)cc1. The fourth-order valence-corrected chi connectivity index (χ4v) is 7.72. The van der Waals surface area contributed by atoms with Gasteiger partial charge in [0.2, 0.25) is 0 Å². The number of pyridine rings is 1. The number of para-hydroxylation sites is 2. The maximum atomic E-state index is 6.15. The maximum absolute atomic E-state index is 6.15. The zero-order valence-electron chi connectivity index (χ0n) is 28.5. The first kappa shape index (κ1) is 30.1. The summed E-state index contributed by atoms with van der Waals surface area (Å²) in [5.74, 6) is 0. The molecule has 0 spiro atoms. The van der Waals surface area contributed by atoms with E-state index in [9.17, 15) is 0 Å². The number of furan rings is 1. The molecule has 0 atom stereocenters. The van der Waals surface area contributed by atoms with Crippen LogP contribution in [0.2, 0.25) is 0 Å². The molecular formula is C49H34N2O. The lowest BCUT2D eigenvalue weighted by atomic mass is 9.90. The van der Waals surface area contributed by atoms with Crippen molar-refractivity contribution in [3.63, 3.8) is 0 Å². The number of hydrogen-bond donors (Lipinski definition) is 0. The van der Waals surface area contributed by atoms with Crippen LogP contribution >= 0.6 is 0 Å². The van der Waals surface area contributed by atoms with E-state index in [1.807, 2.05) is 12.1 Å². The van der Waals surface area contributed by atoms with Gasteiger partial charge in [-0.25, -0.2) is 4.98 Å². The Bertz CT molecular complexity index is 2670. The van der Waals surface area contributed by atoms with Gasteiger partial charge < -0.3 is 9.32 Å². The molecule has 7 aromatic carbocycles. The normalized spacial score (nSPS) is 12.4. The molecule has 0 saturated carbocycles. The molecule has 3 heterocycles. The molecule has 0 N–H and O–H groups in total. The van der Waals surface area contributed by atoms with Gasteiger partial charge >= 0.3 is 0 Å². The summed E-state index contributed by atoms with van der Waals surface area (Å²) in [6.07, 6.45) is 0. The lowest BCUT2D eigenvalue weighted by Gasteiger charge is -2.24. The minimum atomic E-state index is 0.798. The molecule has 0 amide bonds. The minimum absolute atomic E-state index is 0.798. The number of anilines is 1. The summed E-state index contributed by atoms with van der Waals surface area (Å²) in [5.41, 5.74) is 17.1. The van der Waals surface area contributed by atoms with Crippen LogP contribution < -0.4 is 4.90 Å². The molecule has 0 bridgehead atoms. The second-order valence-corrected chi connectivity index (χ2v) is 13.6. The molecule has 10 rings (SSSR count). The van der Waals surface area contributed by atoms with Crippen LogP contribution in [0.3, 0.4) is 0 Å². The van der Waals surface area contributed by atoms with Crippen LogP contribution in [0.25, 0.3) is 77.8 Å². The first-order valence-corrected chi connectivity index (χ1v) is 17.8. The molecule has 246 valence electrons. The molecule has 0 radical (unpaired) electrons. The second-order valence-electron chi connectivity index (χ2n) is 13.6. The van der Waals surface area contributed by atoms with Crippen molar-refractivity contribution in [1.82, 2.24) is 4.98 Å². The van der Waals surface area contributed by atoms with Gasteiger partial charge in [-0.05, 0) is 99.1 Å². The van der Waals surface area contributed by atoms with E-state index in [0.29, 0.717) is 0 Å². The highest BCUT2D eigenvalue weighted by Gasteiger charge is 2.22. The van der Waals surface area contributed by atoms with Crippen molar-refractivity contribution in [3.8, 4) is 55.9 Å².